The van der Waals surface area contributed by atoms with Gasteiger partial charge in [0, 0.05) is 12.6 Å². The maximum Gasteiger partial charge on any atom is 0.417 e. The second-order valence-corrected chi connectivity index (χ2v) is 6.21. The Morgan fingerprint density at radius 1 is 1.11 bits per heavy atom. The molecule has 0 fully saturated rings. The van der Waals surface area contributed by atoms with Crippen molar-refractivity contribution in [1.29, 1.82) is 5.26 Å². The van der Waals surface area contributed by atoms with Gasteiger partial charge >= 0.3 is 6.18 Å². The zero-order chi connectivity index (χ0) is 20.3. The van der Waals surface area contributed by atoms with Gasteiger partial charge in [-0.05, 0) is 35.9 Å². The highest BCUT2D eigenvalue weighted by molar-refractivity contribution is 6.31. The van der Waals surface area contributed by atoms with Gasteiger partial charge in [-0.2, -0.15) is 18.4 Å². The first-order chi connectivity index (χ1) is 13.3. The molecule has 1 aromatic heterocycles. The predicted molar refractivity (Wildman–Crippen MR) is 94.7 cm³/mol. The summed E-state index contributed by atoms with van der Waals surface area (Å²) in [6.07, 6.45) is -3.54. The van der Waals surface area contributed by atoms with Crippen molar-refractivity contribution in [3.63, 3.8) is 0 Å². The van der Waals surface area contributed by atoms with Crippen LogP contribution >= 0.6 is 11.6 Å². The second-order valence-electron chi connectivity index (χ2n) is 5.80. The van der Waals surface area contributed by atoms with Crippen molar-refractivity contribution in [3.8, 4) is 17.6 Å². The van der Waals surface area contributed by atoms with E-state index in [2.05, 4.69) is 4.98 Å². The smallest absolute Gasteiger partial charge is 0.417 e. The number of benzene rings is 2. The molecule has 0 spiro atoms. The molecule has 28 heavy (non-hydrogen) atoms. The number of nitrogens with zero attached hydrogens (tertiary/aromatic N) is 2. The molecule has 0 radical (unpaired) electrons. The zero-order valence-corrected chi connectivity index (χ0v) is 14.9. The van der Waals surface area contributed by atoms with Gasteiger partial charge in [0.1, 0.15) is 28.9 Å². The molecular formula is C20H11ClF4N2O. The number of hydrogen-bond donors (Lipinski definition) is 0. The van der Waals surface area contributed by atoms with Crippen LogP contribution in [0.25, 0.3) is 0 Å². The number of alkyl halides is 3. The van der Waals surface area contributed by atoms with E-state index in [4.69, 9.17) is 21.6 Å². The molecule has 0 atom stereocenters. The molecule has 0 aliphatic heterocycles. The Bertz CT molecular complexity index is 1040. The van der Waals surface area contributed by atoms with Crippen molar-refractivity contribution >= 4 is 11.6 Å². The third-order valence-corrected chi connectivity index (χ3v) is 4.18. The highest BCUT2D eigenvalue weighted by Crippen LogP contribution is 2.32. The van der Waals surface area contributed by atoms with Crippen molar-refractivity contribution in [2.45, 2.75) is 12.6 Å². The maximum atomic E-state index is 13.6. The molecule has 3 rings (SSSR count). The molecular weight excluding hydrogens is 396 g/mol. The van der Waals surface area contributed by atoms with Crippen LogP contribution in [-0.4, -0.2) is 4.98 Å². The molecule has 0 saturated carbocycles. The second kappa shape index (κ2) is 7.87. The lowest BCUT2D eigenvalue weighted by Crippen LogP contribution is -2.06. The van der Waals surface area contributed by atoms with Crippen molar-refractivity contribution in [2.75, 3.05) is 0 Å². The topological polar surface area (TPSA) is 45.9 Å². The van der Waals surface area contributed by atoms with Gasteiger partial charge in [-0.25, -0.2) is 4.39 Å². The van der Waals surface area contributed by atoms with Crippen LogP contribution in [0.1, 0.15) is 22.4 Å². The summed E-state index contributed by atoms with van der Waals surface area (Å²) in [6, 6.07) is 13.2. The van der Waals surface area contributed by atoms with E-state index in [1.807, 2.05) is 0 Å². The van der Waals surface area contributed by atoms with Crippen LogP contribution in [-0.2, 0) is 12.6 Å². The first-order valence-corrected chi connectivity index (χ1v) is 8.33. The van der Waals surface area contributed by atoms with Crippen LogP contribution in [0.5, 0.6) is 11.5 Å². The summed E-state index contributed by atoms with van der Waals surface area (Å²) >= 11 is 5.92. The third-order valence-electron chi connectivity index (χ3n) is 3.85. The molecule has 8 heteroatoms. The Morgan fingerprint density at radius 2 is 1.82 bits per heavy atom. The number of halogens is 5. The number of pyridine rings is 1. The minimum absolute atomic E-state index is 0.0754. The molecule has 0 N–H and O–H groups in total. The largest absolute Gasteiger partial charge is 0.456 e. The Kier molecular flexibility index (Phi) is 5.52. The molecule has 0 saturated heterocycles. The van der Waals surface area contributed by atoms with E-state index in [0.717, 1.165) is 23.9 Å². The third kappa shape index (κ3) is 4.41. The number of rotatable bonds is 4. The van der Waals surface area contributed by atoms with E-state index in [1.54, 1.807) is 30.3 Å². The van der Waals surface area contributed by atoms with Gasteiger partial charge in [0.15, 0.2) is 0 Å². The Morgan fingerprint density at radius 3 is 2.43 bits per heavy atom. The Hall–Kier alpha value is -3.11. The van der Waals surface area contributed by atoms with Crippen LogP contribution in [0.15, 0.2) is 54.7 Å². The van der Waals surface area contributed by atoms with Crippen molar-refractivity contribution in [1.82, 2.24) is 4.98 Å². The van der Waals surface area contributed by atoms with Crippen molar-refractivity contribution < 1.29 is 22.3 Å². The van der Waals surface area contributed by atoms with E-state index in [9.17, 15) is 17.6 Å². The van der Waals surface area contributed by atoms with E-state index < -0.39 is 17.6 Å². The predicted octanol–water partition coefficient (Wildman–Crippen LogP) is 6.15. The highest BCUT2D eigenvalue weighted by Gasteiger charge is 2.31. The molecule has 0 amide bonds. The van der Waals surface area contributed by atoms with Gasteiger partial charge in [0.05, 0.1) is 16.3 Å². The van der Waals surface area contributed by atoms with Gasteiger partial charge in [-0.3, -0.25) is 4.98 Å². The summed E-state index contributed by atoms with van der Waals surface area (Å²) in [5.41, 5.74) is -0.0674. The first kappa shape index (κ1) is 19.6. The molecule has 0 aliphatic carbocycles. The van der Waals surface area contributed by atoms with Gasteiger partial charge in [0.2, 0.25) is 0 Å². The van der Waals surface area contributed by atoms with Crippen molar-refractivity contribution in [3.05, 3.63) is 88.0 Å². The average molecular weight is 407 g/mol. The molecule has 142 valence electrons. The monoisotopic (exact) mass is 406 g/mol. The molecule has 0 bridgehead atoms. The van der Waals surface area contributed by atoms with Gasteiger partial charge < -0.3 is 4.74 Å². The van der Waals surface area contributed by atoms with Crippen LogP contribution in [0, 0.1) is 17.1 Å². The molecule has 0 unspecified atom stereocenters. The quantitative estimate of drug-likeness (QED) is 0.488. The van der Waals surface area contributed by atoms with E-state index >= 15 is 0 Å². The van der Waals surface area contributed by atoms with Crippen LogP contribution in [0.4, 0.5) is 17.6 Å². The van der Waals surface area contributed by atoms with Crippen molar-refractivity contribution in [2.24, 2.45) is 0 Å². The van der Waals surface area contributed by atoms with E-state index in [-0.39, 0.29) is 22.8 Å². The minimum atomic E-state index is -4.51. The van der Waals surface area contributed by atoms with Crippen LogP contribution < -0.4 is 4.74 Å². The van der Waals surface area contributed by atoms with Crippen LogP contribution in [0.2, 0.25) is 5.02 Å². The summed E-state index contributed by atoms with van der Waals surface area (Å²) in [5, 5.41) is 8.95. The zero-order valence-electron chi connectivity index (χ0n) is 14.1. The summed E-state index contributed by atoms with van der Waals surface area (Å²) in [4.78, 5) is 3.80. The summed E-state index contributed by atoms with van der Waals surface area (Å²) < 4.78 is 57.2. The van der Waals surface area contributed by atoms with E-state index in [1.165, 1.54) is 12.1 Å². The normalized spacial score (nSPS) is 11.1. The maximum absolute atomic E-state index is 13.6. The lowest BCUT2D eigenvalue weighted by molar-refractivity contribution is -0.137. The molecule has 3 nitrogen and oxygen atoms in total. The fraction of sp³-hybridized carbons (Fsp3) is 0.100. The summed E-state index contributed by atoms with van der Waals surface area (Å²) in [7, 11) is 0. The van der Waals surface area contributed by atoms with Gasteiger partial charge in [-0.15, -0.1) is 0 Å². The molecule has 3 aromatic rings. The van der Waals surface area contributed by atoms with Gasteiger partial charge in [0.25, 0.3) is 0 Å². The molecule has 0 aliphatic rings. The number of hydrogen-bond acceptors (Lipinski definition) is 3. The van der Waals surface area contributed by atoms with E-state index in [0.29, 0.717) is 11.4 Å². The fourth-order valence-electron chi connectivity index (χ4n) is 2.44. The standard InChI is InChI=1S/C20H11ClF4N2O/c21-16-9-13(20(23,24)25)11-27-18(16)8-12-4-6-14(7-5-12)28-19-3-1-2-17(22)15(19)10-26/h1-7,9,11H,8H2. The number of ether oxygens (including phenoxy) is 1. The Labute approximate surface area is 162 Å². The SMILES string of the molecule is N#Cc1c(F)cccc1Oc1ccc(Cc2ncc(C(F)(F)F)cc2Cl)cc1. The van der Waals surface area contributed by atoms with Gasteiger partial charge in [-0.1, -0.05) is 29.8 Å². The van der Waals surface area contributed by atoms with Crippen LogP contribution in [0.3, 0.4) is 0 Å². The molecule has 2 aromatic carbocycles. The average Bonchev–Trinajstić information content (AvgIpc) is 2.64. The minimum Gasteiger partial charge on any atom is -0.456 e. The Balaban J connectivity index is 1.75. The molecule has 1 heterocycles. The fourth-order valence-corrected chi connectivity index (χ4v) is 2.68. The first-order valence-electron chi connectivity index (χ1n) is 7.95. The highest BCUT2D eigenvalue weighted by atomic mass is 35.5. The summed E-state index contributed by atoms with van der Waals surface area (Å²) in [6.45, 7) is 0. The lowest BCUT2D eigenvalue weighted by Gasteiger charge is -2.10. The summed E-state index contributed by atoms with van der Waals surface area (Å²) in [5.74, 6) is -0.223. The number of nitriles is 1. The lowest BCUT2D eigenvalue weighted by atomic mass is 10.1. The number of aromatic nitrogens is 1.